The van der Waals surface area contributed by atoms with Gasteiger partial charge in [0.05, 0.1) is 25.6 Å². The van der Waals surface area contributed by atoms with Gasteiger partial charge in [0.1, 0.15) is 15.7 Å². The largest absolute Gasteiger partial charge is 0.496 e. The Morgan fingerprint density at radius 3 is 2.35 bits per heavy atom. The molecule has 2 atom stereocenters. The minimum absolute atomic E-state index is 0.200. The van der Waals surface area contributed by atoms with E-state index in [-0.39, 0.29) is 4.21 Å². The van der Waals surface area contributed by atoms with Crippen LogP contribution in [0.15, 0.2) is 52.7 Å². The van der Waals surface area contributed by atoms with Crippen molar-refractivity contribution in [2.45, 2.75) is 30.1 Å². The Morgan fingerprint density at radius 1 is 1.00 bits per heavy atom. The third kappa shape index (κ3) is 5.27. The molecule has 0 bridgehead atoms. The Labute approximate surface area is 209 Å². The number of rotatable bonds is 7. The topological polar surface area (TPSA) is 79.9 Å². The molecule has 3 aromatic rings. The zero-order valence-electron chi connectivity index (χ0n) is 19.5. The highest BCUT2D eigenvalue weighted by Gasteiger charge is 2.25. The van der Waals surface area contributed by atoms with Crippen LogP contribution in [0.1, 0.15) is 13.8 Å². The van der Waals surface area contributed by atoms with E-state index in [1.54, 1.807) is 56.7 Å². The van der Waals surface area contributed by atoms with Crippen LogP contribution >= 0.6 is 22.9 Å². The molecular formula is C24H28ClN3O4S2. The molecule has 2 N–H and O–H groups in total. The number of methoxy groups -OCH3 is 2. The van der Waals surface area contributed by atoms with Gasteiger partial charge in [-0.1, -0.05) is 11.6 Å². The van der Waals surface area contributed by atoms with Crippen LogP contribution in [-0.2, 0) is 10.0 Å². The molecule has 0 unspecified atom stereocenters. The summed E-state index contributed by atoms with van der Waals surface area (Å²) in [7, 11) is -0.606. The van der Waals surface area contributed by atoms with Gasteiger partial charge in [-0.15, -0.1) is 11.3 Å². The fourth-order valence-corrected chi connectivity index (χ4v) is 6.76. The van der Waals surface area contributed by atoms with Crippen molar-refractivity contribution in [3.63, 3.8) is 0 Å². The smallest absolute Gasteiger partial charge is 0.271 e. The molecule has 4 rings (SSSR count). The Bertz CT molecular complexity index is 1270. The number of halogens is 1. The maximum Gasteiger partial charge on any atom is 0.271 e. The van der Waals surface area contributed by atoms with Crippen LogP contribution in [0.2, 0.25) is 5.02 Å². The van der Waals surface area contributed by atoms with Crippen LogP contribution in [-0.4, -0.2) is 47.8 Å². The summed E-state index contributed by atoms with van der Waals surface area (Å²) >= 11 is 7.31. The van der Waals surface area contributed by atoms with E-state index in [4.69, 9.17) is 21.1 Å². The molecular weight excluding hydrogens is 494 g/mol. The zero-order valence-corrected chi connectivity index (χ0v) is 21.9. The average Bonchev–Trinajstić information content (AvgIpc) is 3.29. The zero-order chi connectivity index (χ0) is 24.5. The number of piperazine rings is 1. The molecule has 0 aliphatic carbocycles. The second-order valence-electron chi connectivity index (χ2n) is 8.33. The van der Waals surface area contributed by atoms with E-state index in [9.17, 15) is 8.42 Å². The monoisotopic (exact) mass is 521 g/mol. The first-order valence-corrected chi connectivity index (χ1v) is 13.5. The van der Waals surface area contributed by atoms with Crippen molar-refractivity contribution in [3.8, 4) is 21.9 Å². The number of benzene rings is 2. The van der Waals surface area contributed by atoms with Crippen molar-refractivity contribution in [2.75, 3.05) is 36.9 Å². The van der Waals surface area contributed by atoms with Crippen LogP contribution in [0.25, 0.3) is 10.4 Å². The van der Waals surface area contributed by atoms with Crippen molar-refractivity contribution >= 4 is 44.3 Å². The van der Waals surface area contributed by atoms with E-state index < -0.39 is 10.0 Å². The van der Waals surface area contributed by atoms with Gasteiger partial charge in [0, 0.05) is 40.6 Å². The van der Waals surface area contributed by atoms with Gasteiger partial charge < -0.3 is 19.7 Å². The summed E-state index contributed by atoms with van der Waals surface area (Å²) in [6.45, 7) is 5.86. The molecule has 1 aliphatic heterocycles. The summed E-state index contributed by atoms with van der Waals surface area (Å²) < 4.78 is 40.3. The molecule has 10 heteroatoms. The number of sulfonamides is 1. The lowest BCUT2D eigenvalue weighted by atomic mass is 10.1. The second-order valence-corrected chi connectivity index (χ2v) is 11.8. The Kier molecular flexibility index (Phi) is 7.28. The van der Waals surface area contributed by atoms with Crippen LogP contribution in [0.4, 0.5) is 11.4 Å². The second kappa shape index (κ2) is 10.0. The first-order valence-electron chi connectivity index (χ1n) is 10.9. The Hall–Kier alpha value is -2.46. The van der Waals surface area contributed by atoms with E-state index in [2.05, 4.69) is 28.8 Å². The van der Waals surface area contributed by atoms with E-state index in [0.717, 1.165) is 40.6 Å². The molecule has 1 saturated heterocycles. The number of nitrogens with zero attached hydrogens (tertiary/aromatic N) is 1. The highest BCUT2D eigenvalue weighted by atomic mass is 35.5. The van der Waals surface area contributed by atoms with Crippen molar-refractivity contribution in [1.29, 1.82) is 0 Å². The lowest BCUT2D eigenvalue weighted by Crippen LogP contribution is -2.54. The number of thiophene rings is 1. The molecule has 7 nitrogen and oxygen atoms in total. The van der Waals surface area contributed by atoms with Gasteiger partial charge in [-0.2, -0.15) is 0 Å². The normalized spacial score (nSPS) is 18.6. The molecule has 0 saturated carbocycles. The third-order valence-corrected chi connectivity index (χ3v) is 8.83. The first kappa shape index (κ1) is 24.7. The third-order valence-electron chi connectivity index (χ3n) is 5.60. The summed E-state index contributed by atoms with van der Waals surface area (Å²) in [5, 5.41) is 4.06. The molecule has 2 aromatic carbocycles. The van der Waals surface area contributed by atoms with E-state index in [1.165, 1.54) is 0 Å². The van der Waals surface area contributed by atoms with Crippen molar-refractivity contribution < 1.29 is 17.9 Å². The highest BCUT2D eigenvalue weighted by Crippen LogP contribution is 2.39. The quantitative estimate of drug-likeness (QED) is 0.451. The predicted octanol–water partition coefficient (Wildman–Crippen LogP) is 5.07. The minimum atomic E-state index is -3.80. The standard InChI is InChI=1S/C24H28ClN3O4S2/c1-15-13-28(14-16(2)26-15)20-12-18(6-8-22(20)32-4)27-34(29,30)24-10-9-23(33-24)19-11-17(25)5-7-21(19)31-3/h5-12,15-16,26-27H,13-14H2,1-4H3/t15-,16+. The highest BCUT2D eigenvalue weighted by molar-refractivity contribution is 7.94. The predicted molar refractivity (Wildman–Crippen MR) is 139 cm³/mol. The fraction of sp³-hybridized carbons (Fsp3) is 0.333. The molecule has 2 heterocycles. The molecule has 1 aliphatic rings. The van der Waals surface area contributed by atoms with Gasteiger partial charge in [0.2, 0.25) is 0 Å². The molecule has 0 amide bonds. The van der Waals surface area contributed by atoms with Crippen LogP contribution < -0.4 is 24.4 Å². The lowest BCUT2D eigenvalue weighted by molar-refractivity contribution is 0.391. The lowest BCUT2D eigenvalue weighted by Gasteiger charge is -2.38. The van der Waals surface area contributed by atoms with Crippen molar-refractivity contribution in [3.05, 3.63) is 53.6 Å². The summed E-state index contributed by atoms with van der Waals surface area (Å²) in [6, 6.07) is 14.6. The molecule has 1 fully saturated rings. The summed E-state index contributed by atoms with van der Waals surface area (Å²) in [6.07, 6.45) is 0. The van der Waals surface area contributed by atoms with Crippen LogP contribution in [0.3, 0.4) is 0 Å². The van der Waals surface area contributed by atoms with E-state index in [1.807, 2.05) is 6.07 Å². The van der Waals surface area contributed by atoms with Crippen molar-refractivity contribution in [1.82, 2.24) is 5.32 Å². The van der Waals surface area contributed by atoms with E-state index in [0.29, 0.717) is 34.3 Å². The maximum atomic E-state index is 13.2. The SMILES string of the molecule is COc1ccc(Cl)cc1-c1ccc(S(=O)(=O)Nc2ccc(OC)c(N3C[C@@H](C)N[C@@H](C)C3)c2)s1. The number of ether oxygens (including phenoxy) is 2. The maximum absolute atomic E-state index is 13.2. The molecule has 0 radical (unpaired) electrons. The van der Waals surface area contributed by atoms with Crippen LogP contribution in [0, 0.1) is 0 Å². The van der Waals surface area contributed by atoms with Gasteiger partial charge in [0.15, 0.2) is 0 Å². The molecule has 1 aromatic heterocycles. The van der Waals surface area contributed by atoms with Gasteiger partial charge >= 0.3 is 0 Å². The average molecular weight is 522 g/mol. The van der Waals surface area contributed by atoms with Crippen molar-refractivity contribution in [2.24, 2.45) is 0 Å². The fourth-order valence-electron chi connectivity index (χ4n) is 4.21. The molecule has 182 valence electrons. The van der Waals surface area contributed by atoms with Gasteiger partial charge in [-0.05, 0) is 62.4 Å². The summed E-state index contributed by atoms with van der Waals surface area (Å²) in [5.41, 5.74) is 2.08. The first-order chi connectivity index (χ1) is 16.2. The number of hydrogen-bond donors (Lipinski definition) is 2. The van der Waals surface area contributed by atoms with Gasteiger partial charge in [-0.3, -0.25) is 4.72 Å². The van der Waals surface area contributed by atoms with E-state index >= 15 is 0 Å². The molecule has 34 heavy (non-hydrogen) atoms. The Balaban J connectivity index is 1.61. The summed E-state index contributed by atoms with van der Waals surface area (Å²) in [5.74, 6) is 1.33. The summed E-state index contributed by atoms with van der Waals surface area (Å²) in [4.78, 5) is 2.97. The van der Waals surface area contributed by atoms with Crippen LogP contribution in [0.5, 0.6) is 11.5 Å². The minimum Gasteiger partial charge on any atom is -0.496 e. The number of anilines is 2. The Morgan fingerprint density at radius 2 is 1.68 bits per heavy atom. The number of hydrogen-bond acceptors (Lipinski definition) is 7. The molecule has 0 spiro atoms. The van der Waals surface area contributed by atoms with Gasteiger partial charge in [0.25, 0.3) is 10.0 Å². The number of nitrogens with one attached hydrogen (secondary N) is 2. The van der Waals surface area contributed by atoms with Gasteiger partial charge in [-0.25, -0.2) is 8.42 Å².